The van der Waals surface area contributed by atoms with E-state index in [0.29, 0.717) is 63.5 Å². The Morgan fingerprint density at radius 2 is 0.679 bits per heavy atom. The summed E-state index contributed by atoms with van der Waals surface area (Å²) >= 11 is 0. The lowest BCUT2D eigenvalue weighted by Crippen LogP contribution is -2.11. The summed E-state index contributed by atoms with van der Waals surface area (Å²) in [6, 6.07) is 51.5. The first kappa shape index (κ1) is 53.0. The molecule has 81 heavy (non-hydrogen) atoms. The second-order valence-electron chi connectivity index (χ2n) is 18.8. The molecule has 0 aliphatic carbocycles. The Labute approximate surface area is 452 Å². The molecule has 17 heteroatoms. The van der Waals surface area contributed by atoms with Gasteiger partial charge >= 0.3 is 24.7 Å². The lowest BCUT2D eigenvalue weighted by Gasteiger charge is -2.22. The quantitative estimate of drug-likeness (QED) is 0.142. The van der Waals surface area contributed by atoms with Gasteiger partial charge in [-0.1, -0.05) is 109 Å². The molecule has 0 N–H and O–H groups in total. The van der Waals surface area contributed by atoms with E-state index in [4.69, 9.17) is 9.97 Å². The molecule has 0 spiro atoms. The van der Waals surface area contributed by atoms with E-state index in [1.165, 1.54) is 36.4 Å². The van der Waals surface area contributed by atoms with Crippen molar-refractivity contribution in [3.63, 3.8) is 0 Å². The molecule has 0 radical (unpaired) electrons. The Hall–Kier alpha value is -10.0. The summed E-state index contributed by atoms with van der Waals surface area (Å²) in [4.78, 5) is 10.2. The van der Waals surface area contributed by atoms with Crippen LogP contribution < -0.4 is 0 Å². The van der Waals surface area contributed by atoms with Gasteiger partial charge in [0.2, 0.25) is 0 Å². The molecular formula is C64H33F12N5. The second-order valence-corrected chi connectivity index (χ2v) is 18.8. The minimum atomic E-state index is -5.24. The van der Waals surface area contributed by atoms with Crippen molar-refractivity contribution < 1.29 is 52.7 Å². The largest absolute Gasteiger partial charge is 0.416 e. The maximum absolute atomic E-state index is 14.3. The molecule has 0 aliphatic rings. The Balaban J connectivity index is 1.29. The normalized spacial score (nSPS) is 12.2. The number of hydrogen-bond donors (Lipinski definition) is 0. The van der Waals surface area contributed by atoms with E-state index >= 15 is 0 Å². The van der Waals surface area contributed by atoms with Crippen LogP contribution in [-0.4, -0.2) is 14.5 Å². The van der Waals surface area contributed by atoms with E-state index in [-0.39, 0.29) is 67.7 Å². The van der Waals surface area contributed by atoms with Crippen molar-refractivity contribution >= 4 is 21.8 Å². The average molecular weight is 1100 g/mol. The van der Waals surface area contributed by atoms with Crippen LogP contribution in [0.4, 0.5) is 52.7 Å². The first-order valence-corrected chi connectivity index (χ1v) is 24.4. The van der Waals surface area contributed by atoms with Crippen molar-refractivity contribution in [3.05, 3.63) is 234 Å². The molecule has 0 fully saturated rings. The number of halogens is 12. The number of hydrogen-bond acceptors (Lipinski definition) is 4. The van der Waals surface area contributed by atoms with Crippen LogP contribution in [0.3, 0.4) is 0 Å². The van der Waals surface area contributed by atoms with E-state index < -0.39 is 58.1 Å². The van der Waals surface area contributed by atoms with Crippen LogP contribution in [0, 0.1) is 22.7 Å². The zero-order valence-electron chi connectivity index (χ0n) is 41.3. The van der Waals surface area contributed by atoms with Gasteiger partial charge in [0, 0.05) is 49.7 Å². The van der Waals surface area contributed by atoms with Gasteiger partial charge in [0.05, 0.1) is 73.6 Å². The topological polar surface area (TPSA) is 78.3 Å². The van der Waals surface area contributed by atoms with Crippen LogP contribution in [0.15, 0.2) is 200 Å². The van der Waals surface area contributed by atoms with Gasteiger partial charge in [0.1, 0.15) is 0 Å². The molecular weight excluding hydrogens is 1070 g/mol. The molecule has 0 unspecified atom stereocenters. The fourth-order valence-electron chi connectivity index (χ4n) is 10.0. The Morgan fingerprint density at radius 1 is 0.321 bits per heavy atom. The summed E-state index contributed by atoms with van der Waals surface area (Å²) in [6.45, 7) is 0. The molecule has 2 aromatic heterocycles. The van der Waals surface area contributed by atoms with Gasteiger partial charge in [-0.25, -0.2) is 9.97 Å². The third-order valence-corrected chi connectivity index (χ3v) is 13.7. The maximum atomic E-state index is 14.3. The summed E-state index contributed by atoms with van der Waals surface area (Å²) < 4.78 is 174. The number of nitrogens with zero attached hydrogens (tertiary/aromatic N) is 5. The highest BCUT2D eigenvalue weighted by atomic mass is 19.4. The first-order valence-electron chi connectivity index (χ1n) is 24.4. The van der Waals surface area contributed by atoms with Gasteiger partial charge in [-0.3, -0.25) is 0 Å². The maximum Gasteiger partial charge on any atom is 0.416 e. The van der Waals surface area contributed by atoms with Gasteiger partial charge < -0.3 is 4.57 Å². The SMILES string of the molecule is N#Cc1ccccc1-c1cc(-c2nc(-c3ccccc3)cc(-c3ccccc3)n2)cc(-c2ccccc2C#N)c1-n1c2ccc(-c3cc(C(F)(F)F)cc(C(F)(F)F)c3)cc2c2cc(-c3cc(C(F)(F)F)cc(C(F)(F)F)c3)ccc21. The van der Waals surface area contributed by atoms with Gasteiger partial charge in [-0.15, -0.1) is 0 Å². The van der Waals surface area contributed by atoms with Gasteiger partial charge in [-0.05, 0) is 113 Å². The van der Waals surface area contributed by atoms with E-state index in [1.54, 1.807) is 65.2 Å². The van der Waals surface area contributed by atoms with Crippen molar-refractivity contribution in [2.24, 2.45) is 0 Å². The van der Waals surface area contributed by atoms with E-state index in [0.717, 1.165) is 11.1 Å². The zero-order chi connectivity index (χ0) is 57.2. The second kappa shape index (κ2) is 20.0. The van der Waals surface area contributed by atoms with Crippen molar-refractivity contribution in [3.8, 4) is 96.2 Å². The molecule has 11 rings (SSSR count). The summed E-state index contributed by atoms with van der Waals surface area (Å²) in [6.07, 6.45) is -20.9. The molecule has 11 aromatic rings. The van der Waals surface area contributed by atoms with Crippen LogP contribution in [0.25, 0.3) is 106 Å². The highest BCUT2D eigenvalue weighted by Crippen LogP contribution is 2.48. The number of benzene rings is 9. The van der Waals surface area contributed by atoms with Crippen molar-refractivity contribution in [1.29, 1.82) is 10.5 Å². The van der Waals surface area contributed by atoms with Gasteiger partial charge in [0.25, 0.3) is 0 Å². The molecule has 0 saturated carbocycles. The highest BCUT2D eigenvalue weighted by Gasteiger charge is 2.39. The molecule has 0 aliphatic heterocycles. The van der Waals surface area contributed by atoms with E-state index in [2.05, 4.69) is 12.1 Å². The number of nitriles is 2. The average Bonchev–Trinajstić information content (AvgIpc) is 4.04. The van der Waals surface area contributed by atoms with Crippen molar-refractivity contribution in [2.75, 3.05) is 0 Å². The van der Waals surface area contributed by atoms with Crippen molar-refractivity contribution in [1.82, 2.24) is 14.5 Å². The Kier molecular flexibility index (Phi) is 13.1. The van der Waals surface area contributed by atoms with Crippen LogP contribution in [0.2, 0.25) is 0 Å². The van der Waals surface area contributed by atoms with Gasteiger partial charge in [0.15, 0.2) is 5.82 Å². The van der Waals surface area contributed by atoms with E-state index in [1.807, 2.05) is 66.7 Å². The molecule has 5 nitrogen and oxygen atoms in total. The molecule has 9 aromatic carbocycles. The minimum Gasteiger partial charge on any atom is -0.308 e. The van der Waals surface area contributed by atoms with Crippen LogP contribution in [0.5, 0.6) is 0 Å². The van der Waals surface area contributed by atoms with Gasteiger partial charge in [-0.2, -0.15) is 63.2 Å². The lowest BCUT2D eigenvalue weighted by molar-refractivity contribution is -0.144. The fourth-order valence-corrected chi connectivity index (χ4v) is 10.0. The van der Waals surface area contributed by atoms with Crippen molar-refractivity contribution in [2.45, 2.75) is 24.7 Å². The standard InChI is InChI=1S/C64H33F12N5/c65-61(66,67)45-23-42(24-46(31-45)62(68,69)70)38-19-21-57-51(27-38)52-28-39(43-25-47(63(71,72)73)32-48(26-43)64(74,75)76)20-22-58(52)81(57)59-53(49-17-9-7-15-40(49)34-77)29-44(30-54(59)50-18-10-8-16-41(50)35-78)60-79-55(36-11-3-1-4-12-36)33-56(80-60)37-13-5-2-6-14-37/h1-33H. The molecule has 0 bridgehead atoms. The lowest BCUT2D eigenvalue weighted by atomic mass is 9.89. The third-order valence-electron chi connectivity index (χ3n) is 13.7. The van der Waals surface area contributed by atoms with Crippen LogP contribution in [-0.2, 0) is 24.7 Å². The predicted octanol–water partition coefficient (Wildman–Crippen LogP) is 19.1. The fraction of sp³-hybridized carbons (Fsp3) is 0.0625. The summed E-state index contributed by atoms with van der Waals surface area (Å²) in [5, 5.41) is 21.7. The Morgan fingerprint density at radius 3 is 1.04 bits per heavy atom. The number of aromatic nitrogens is 3. The molecule has 0 atom stereocenters. The summed E-state index contributed by atoms with van der Waals surface area (Å²) in [5.74, 6) is 0.197. The third kappa shape index (κ3) is 10.2. The van der Waals surface area contributed by atoms with E-state index in [9.17, 15) is 63.2 Å². The molecule has 0 amide bonds. The Bertz CT molecular complexity index is 4040. The highest BCUT2D eigenvalue weighted by molar-refractivity contribution is 6.13. The first-order chi connectivity index (χ1) is 38.6. The zero-order valence-corrected chi connectivity index (χ0v) is 41.3. The molecule has 398 valence electrons. The predicted molar refractivity (Wildman–Crippen MR) is 284 cm³/mol. The number of fused-ring (bicyclic) bond motifs is 3. The summed E-state index contributed by atoms with van der Waals surface area (Å²) in [5.41, 5.74) is -2.77. The molecule has 2 heterocycles. The van der Waals surface area contributed by atoms with Crippen LogP contribution in [0.1, 0.15) is 33.4 Å². The monoisotopic (exact) mass is 1100 g/mol. The summed E-state index contributed by atoms with van der Waals surface area (Å²) in [7, 11) is 0. The number of rotatable bonds is 8. The molecule has 0 saturated heterocycles. The number of alkyl halides is 12. The minimum absolute atomic E-state index is 0.0270. The smallest absolute Gasteiger partial charge is 0.308 e. The van der Waals surface area contributed by atoms with Crippen LogP contribution >= 0.6 is 0 Å².